The van der Waals surface area contributed by atoms with Crippen molar-refractivity contribution < 1.29 is 4.52 Å². The first-order chi connectivity index (χ1) is 8.86. The van der Waals surface area contributed by atoms with E-state index in [2.05, 4.69) is 15.1 Å². The van der Waals surface area contributed by atoms with E-state index in [1.807, 2.05) is 23.9 Å². The molecule has 6 heteroatoms. The van der Waals surface area contributed by atoms with Gasteiger partial charge in [0, 0.05) is 12.7 Å². The number of nitrogens with two attached hydrogens (primary N) is 1. The molecule has 2 aromatic rings. The zero-order chi connectivity index (χ0) is 12.4. The fraction of sp³-hybridized carbons (Fsp3) is 0.417. The van der Waals surface area contributed by atoms with Crippen LogP contribution in [0.4, 0.5) is 0 Å². The van der Waals surface area contributed by atoms with Crippen LogP contribution < -0.4 is 5.73 Å². The van der Waals surface area contributed by atoms with Gasteiger partial charge in [-0.2, -0.15) is 16.7 Å². The SMILES string of the molecule is NCc1ccc(-c2nc(C3CCCS3)no2)nc1. The molecule has 1 saturated heterocycles. The molecular formula is C12H14N4OS. The molecule has 3 rings (SSSR count). The van der Waals surface area contributed by atoms with E-state index in [1.165, 1.54) is 12.2 Å². The minimum Gasteiger partial charge on any atom is -0.332 e. The molecule has 0 amide bonds. The van der Waals surface area contributed by atoms with Gasteiger partial charge in [0.15, 0.2) is 5.82 Å². The van der Waals surface area contributed by atoms with E-state index < -0.39 is 0 Å². The van der Waals surface area contributed by atoms with E-state index in [1.54, 1.807) is 6.20 Å². The van der Waals surface area contributed by atoms with Gasteiger partial charge in [-0.05, 0) is 30.2 Å². The third kappa shape index (κ3) is 2.26. The van der Waals surface area contributed by atoms with Crippen molar-refractivity contribution in [2.24, 2.45) is 5.73 Å². The quantitative estimate of drug-likeness (QED) is 0.913. The van der Waals surface area contributed by atoms with Crippen LogP contribution in [0.1, 0.15) is 29.5 Å². The van der Waals surface area contributed by atoms with Crippen LogP contribution in [0, 0.1) is 0 Å². The van der Waals surface area contributed by atoms with Crippen LogP contribution in [0.15, 0.2) is 22.9 Å². The first-order valence-corrected chi connectivity index (χ1v) is 7.02. The van der Waals surface area contributed by atoms with Gasteiger partial charge in [0.1, 0.15) is 5.69 Å². The molecule has 1 aliphatic rings. The van der Waals surface area contributed by atoms with Crippen LogP contribution in [0.2, 0.25) is 0 Å². The molecule has 1 unspecified atom stereocenters. The highest BCUT2D eigenvalue weighted by molar-refractivity contribution is 7.99. The molecule has 0 aliphatic carbocycles. The first-order valence-electron chi connectivity index (χ1n) is 5.97. The average molecular weight is 262 g/mol. The van der Waals surface area contributed by atoms with Crippen molar-refractivity contribution >= 4 is 11.8 Å². The van der Waals surface area contributed by atoms with Crippen molar-refractivity contribution in [3.63, 3.8) is 0 Å². The van der Waals surface area contributed by atoms with Crippen molar-refractivity contribution in [1.82, 2.24) is 15.1 Å². The Balaban J connectivity index is 1.82. The maximum Gasteiger partial charge on any atom is 0.276 e. The summed E-state index contributed by atoms with van der Waals surface area (Å²) < 4.78 is 5.27. The van der Waals surface area contributed by atoms with E-state index in [0.29, 0.717) is 23.4 Å². The second kappa shape index (κ2) is 5.07. The highest BCUT2D eigenvalue weighted by Gasteiger charge is 2.23. The molecule has 0 spiro atoms. The molecule has 1 fully saturated rings. The van der Waals surface area contributed by atoms with Crippen molar-refractivity contribution in [3.05, 3.63) is 29.7 Å². The highest BCUT2D eigenvalue weighted by Crippen LogP contribution is 2.38. The van der Waals surface area contributed by atoms with Crippen LogP contribution in [-0.2, 0) is 6.54 Å². The molecule has 0 radical (unpaired) electrons. The monoisotopic (exact) mass is 262 g/mol. The number of thioether (sulfide) groups is 1. The predicted octanol–water partition coefficient (Wildman–Crippen LogP) is 2.16. The largest absolute Gasteiger partial charge is 0.332 e. The summed E-state index contributed by atoms with van der Waals surface area (Å²) in [6, 6.07) is 3.79. The number of hydrogen-bond acceptors (Lipinski definition) is 6. The summed E-state index contributed by atoms with van der Waals surface area (Å²) in [5.41, 5.74) is 7.22. The second-order valence-corrected chi connectivity index (χ2v) is 5.53. The summed E-state index contributed by atoms with van der Waals surface area (Å²) in [4.78, 5) is 8.70. The Morgan fingerprint density at radius 3 is 3.06 bits per heavy atom. The Labute approximate surface area is 109 Å². The zero-order valence-electron chi connectivity index (χ0n) is 9.87. The number of aromatic nitrogens is 3. The molecule has 1 aliphatic heterocycles. The lowest BCUT2D eigenvalue weighted by Gasteiger charge is -1.99. The van der Waals surface area contributed by atoms with Crippen LogP contribution in [0.5, 0.6) is 0 Å². The van der Waals surface area contributed by atoms with Crippen LogP contribution in [-0.4, -0.2) is 20.9 Å². The normalized spacial score (nSPS) is 19.3. The van der Waals surface area contributed by atoms with Crippen molar-refractivity contribution in [3.8, 4) is 11.6 Å². The Hall–Kier alpha value is -1.40. The molecule has 2 aromatic heterocycles. The molecule has 18 heavy (non-hydrogen) atoms. The van der Waals surface area contributed by atoms with Crippen molar-refractivity contribution in [1.29, 1.82) is 0 Å². The maximum absolute atomic E-state index is 5.53. The lowest BCUT2D eigenvalue weighted by molar-refractivity contribution is 0.420. The third-order valence-corrected chi connectivity index (χ3v) is 4.31. The van der Waals surface area contributed by atoms with E-state index in [0.717, 1.165) is 17.8 Å². The van der Waals surface area contributed by atoms with E-state index in [9.17, 15) is 0 Å². The van der Waals surface area contributed by atoms with E-state index in [4.69, 9.17) is 10.3 Å². The molecule has 5 nitrogen and oxygen atoms in total. The summed E-state index contributed by atoms with van der Waals surface area (Å²) >= 11 is 1.89. The Morgan fingerprint density at radius 2 is 2.39 bits per heavy atom. The summed E-state index contributed by atoms with van der Waals surface area (Å²) in [7, 11) is 0. The molecule has 0 bridgehead atoms. The molecular weight excluding hydrogens is 248 g/mol. The first kappa shape index (κ1) is 11.7. The van der Waals surface area contributed by atoms with Gasteiger partial charge in [-0.1, -0.05) is 11.2 Å². The molecule has 3 heterocycles. The van der Waals surface area contributed by atoms with Gasteiger partial charge >= 0.3 is 0 Å². The summed E-state index contributed by atoms with van der Waals surface area (Å²) in [5.74, 6) is 2.45. The van der Waals surface area contributed by atoms with Crippen molar-refractivity contribution in [2.45, 2.75) is 24.6 Å². The number of hydrogen-bond donors (Lipinski definition) is 1. The van der Waals surface area contributed by atoms with E-state index in [-0.39, 0.29) is 0 Å². The van der Waals surface area contributed by atoms with Gasteiger partial charge in [0.25, 0.3) is 5.89 Å². The Bertz CT molecular complexity index is 519. The van der Waals surface area contributed by atoms with Crippen LogP contribution >= 0.6 is 11.8 Å². The second-order valence-electron chi connectivity index (χ2n) is 4.22. The number of rotatable bonds is 3. The minimum atomic E-state index is 0.380. The van der Waals surface area contributed by atoms with Crippen molar-refractivity contribution in [2.75, 3.05) is 5.75 Å². The minimum absolute atomic E-state index is 0.380. The standard InChI is InChI=1S/C12H14N4OS/c13-6-8-3-4-9(14-7-8)12-15-11(16-17-12)10-2-1-5-18-10/h3-4,7,10H,1-2,5-6,13H2. The summed E-state index contributed by atoms with van der Waals surface area (Å²) in [6.45, 7) is 0.487. The Morgan fingerprint density at radius 1 is 1.44 bits per heavy atom. The zero-order valence-corrected chi connectivity index (χ0v) is 10.7. The van der Waals surface area contributed by atoms with Gasteiger partial charge in [0.05, 0.1) is 5.25 Å². The summed E-state index contributed by atoms with van der Waals surface area (Å²) in [6.07, 6.45) is 4.09. The molecule has 1 atom stereocenters. The van der Waals surface area contributed by atoms with Gasteiger partial charge < -0.3 is 10.3 Å². The average Bonchev–Trinajstić information content (AvgIpc) is 3.09. The van der Waals surface area contributed by atoms with Gasteiger partial charge in [-0.15, -0.1) is 0 Å². The molecule has 2 N–H and O–H groups in total. The summed E-state index contributed by atoms with van der Waals surface area (Å²) in [5, 5.41) is 4.43. The smallest absolute Gasteiger partial charge is 0.276 e. The van der Waals surface area contributed by atoms with Crippen LogP contribution in [0.25, 0.3) is 11.6 Å². The van der Waals surface area contributed by atoms with Gasteiger partial charge in [-0.3, -0.25) is 4.98 Å². The maximum atomic E-state index is 5.53. The highest BCUT2D eigenvalue weighted by atomic mass is 32.2. The molecule has 0 saturated carbocycles. The lowest BCUT2D eigenvalue weighted by atomic mass is 10.2. The van der Waals surface area contributed by atoms with Gasteiger partial charge in [0.2, 0.25) is 0 Å². The van der Waals surface area contributed by atoms with E-state index >= 15 is 0 Å². The predicted molar refractivity (Wildman–Crippen MR) is 69.9 cm³/mol. The molecule has 0 aromatic carbocycles. The number of nitrogens with zero attached hydrogens (tertiary/aromatic N) is 3. The Kier molecular flexibility index (Phi) is 3.29. The fourth-order valence-electron chi connectivity index (χ4n) is 1.92. The van der Waals surface area contributed by atoms with Gasteiger partial charge in [-0.25, -0.2) is 0 Å². The molecule has 94 valence electrons. The lowest BCUT2D eigenvalue weighted by Crippen LogP contribution is -1.97. The third-order valence-electron chi connectivity index (χ3n) is 2.94. The fourth-order valence-corrected chi connectivity index (χ4v) is 3.12. The number of pyridine rings is 1. The van der Waals surface area contributed by atoms with Crippen LogP contribution in [0.3, 0.4) is 0 Å². The topological polar surface area (TPSA) is 77.8 Å².